The molecule has 0 spiro atoms. The maximum atomic E-state index is 12.8. The highest BCUT2D eigenvalue weighted by atomic mass is 79.9. The summed E-state index contributed by atoms with van der Waals surface area (Å²) in [6.45, 7) is 2.45. The summed E-state index contributed by atoms with van der Waals surface area (Å²) in [4.78, 5) is 25.3. The number of carbonyl (C=O) groups excluding carboxylic acids is 1. The Hall–Kier alpha value is -1.43. The maximum Gasteiger partial charge on any atom is 0.282 e. The van der Waals surface area contributed by atoms with Gasteiger partial charge in [-0.3, -0.25) is 14.9 Å². The third-order valence-corrected chi connectivity index (χ3v) is 4.53. The molecule has 1 aliphatic rings. The predicted molar refractivity (Wildman–Crippen MR) is 84.9 cm³/mol. The number of halogens is 1. The Kier molecular flexibility index (Phi) is 5.33. The van der Waals surface area contributed by atoms with Crippen LogP contribution in [0.25, 0.3) is 0 Å². The molecule has 0 saturated carbocycles. The number of carbonyl (C=O) groups is 1. The molecular formula is C15H19BrN2O3. The van der Waals surface area contributed by atoms with Crippen molar-refractivity contribution >= 4 is 27.5 Å². The average molecular weight is 355 g/mol. The Labute approximate surface area is 132 Å². The number of alkyl halides is 1. The zero-order chi connectivity index (χ0) is 15.4. The van der Waals surface area contributed by atoms with Gasteiger partial charge in [0.2, 0.25) is 0 Å². The lowest BCUT2D eigenvalue weighted by Crippen LogP contribution is -2.36. The fourth-order valence-electron chi connectivity index (χ4n) is 2.94. The van der Waals surface area contributed by atoms with E-state index in [1.165, 1.54) is 6.07 Å². The number of aryl methyl sites for hydroxylation is 1. The summed E-state index contributed by atoms with van der Waals surface area (Å²) >= 11 is 3.41. The largest absolute Gasteiger partial charge is 0.335 e. The van der Waals surface area contributed by atoms with Crippen molar-refractivity contribution in [3.63, 3.8) is 0 Å². The van der Waals surface area contributed by atoms with Gasteiger partial charge in [0, 0.05) is 24.0 Å². The average Bonchev–Trinajstić information content (AvgIpc) is 2.92. The van der Waals surface area contributed by atoms with Crippen LogP contribution in [0.3, 0.4) is 0 Å². The van der Waals surface area contributed by atoms with Gasteiger partial charge in [0.15, 0.2) is 0 Å². The van der Waals surface area contributed by atoms with Gasteiger partial charge >= 0.3 is 0 Å². The van der Waals surface area contributed by atoms with E-state index in [1.807, 2.05) is 4.90 Å². The van der Waals surface area contributed by atoms with Gasteiger partial charge in [0.05, 0.1) is 4.92 Å². The quantitative estimate of drug-likeness (QED) is 0.460. The fraction of sp³-hybridized carbons (Fsp3) is 0.533. The fourth-order valence-corrected chi connectivity index (χ4v) is 3.27. The lowest BCUT2D eigenvalue weighted by molar-refractivity contribution is -0.385. The normalized spacial score (nSPS) is 18.0. The highest BCUT2D eigenvalue weighted by molar-refractivity contribution is 9.09. The molecule has 0 radical (unpaired) electrons. The Morgan fingerprint density at radius 1 is 1.52 bits per heavy atom. The minimum atomic E-state index is -0.468. The Morgan fingerprint density at radius 3 is 2.95 bits per heavy atom. The highest BCUT2D eigenvalue weighted by Crippen LogP contribution is 2.29. The van der Waals surface area contributed by atoms with E-state index in [9.17, 15) is 14.9 Å². The van der Waals surface area contributed by atoms with E-state index in [2.05, 4.69) is 15.9 Å². The molecule has 1 heterocycles. The Bertz CT molecular complexity index is 548. The second-order valence-corrected chi connectivity index (χ2v) is 6.14. The van der Waals surface area contributed by atoms with Gasteiger partial charge in [-0.15, -0.1) is 0 Å². The van der Waals surface area contributed by atoms with Crippen LogP contribution in [-0.4, -0.2) is 33.6 Å². The molecule has 21 heavy (non-hydrogen) atoms. The minimum Gasteiger partial charge on any atom is -0.335 e. The molecular weight excluding hydrogens is 336 g/mol. The lowest BCUT2D eigenvalue weighted by atomic mass is 10.0. The maximum absolute atomic E-state index is 12.8. The first-order valence-corrected chi connectivity index (χ1v) is 8.29. The van der Waals surface area contributed by atoms with Gasteiger partial charge in [-0.25, -0.2) is 0 Å². The minimum absolute atomic E-state index is 0.0915. The predicted octanol–water partition coefficient (Wildman–Crippen LogP) is 3.68. The third-order valence-electron chi connectivity index (χ3n) is 3.97. The number of likely N-dealkylation sites (tertiary alicyclic amines) is 1. The molecule has 5 nitrogen and oxygen atoms in total. The Morgan fingerprint density at radius 2 is 2.29 bits per heavy atom. The number of nitro benzene ring substituents is 1. The number of rotatable bonds is 5. The van der Waals surface area contributed by atoms with Crippen LogP contribution >= 0.6 is 15.9 Å². The molecule has 1 amide bonds. The topological polar surface area (TPSA) is 63.5 Å². The van der Waals surface area contributed by atoms with Crippen LogP contribution < -0.4 is 0 Å². The second kappa shape index (κ2) is 7.02. The zero-order valence-electron chi connectivity index (χ0n) is 12.0. The molecule has 6 heteroatoms. The standard InChI is InChI=1S/C15H19BrN2O3/c1-11-5-2-8-13(18(20)21)14(11)15(19)17-10-4-7-12(17)6-3-9-16/h2,5,8,12H,3-4,6-7,9-10H2,1H3. The van der Waals surface area contributed by atoms with Gasteiger partial charge in [-0.05, 0) is 38.2 Å². The van der Waals surface area contributed by atoms with Crippen molar-refractivity contribution < 1.29 is 9.72 Å². The van der Waals surface area contributed by atoms with Crippen LogP contribution in [-0.2, 0) is 0 Å². The van der Waals surface area contributed by atoms with Crippen molar-refractivity contribution in [2.45, 2.75) is 38.6 Å². The SMILES string of the molecule is Cc1cccc([N+](=O)[O-])c1C(=O)N1CCCC1CCCBr. The van der Waals surface area contributed by atoms with Crippen molar-refractivity contribution in [2.75, 3.05) is 11.9 Å². The van der Waals surface area contributed by atoms with Crippen molar-refractivity contribution in [3.05, 3.63) is 39.4 Å². The van der Waals surface area contributed by atoms with E-state index >= 15 is 0 Å². The summed E-state index contributed by atoms with van der Waals surface area (Å²) in [5.41, 5.74) is 0.819. The molecule has 0 N–H and O–H groups in total. The van der Waals surface area contributed by atoms with Crippen LogP contribution in [0.4, 0.5) is 5.69 Å². The summed E-state index contributed by atoms with van der Waals surface area (Å²) < 4.78 is 0. The van der Waals surface area contributed by atoms with Gasteiger partial charge in [0.1, 0.15) is 5.56 Å². The van der Waals surface area contributed by atoms with Crippen LogP contribution in [0.15, 0.2) is 18.2 Å². The van der Waals surface area contributed by atoms with Crippen molar-refractivity contribution in [2.24, 2.45) is 0 Å². The Balaban J connectivity index is 2.29. The number of nitro groups is 1. The third kappa shape index (κ3) is 3.43. The van der Waals surface area contributed by atoms with Crippen molar-refractivity contribution in [1.29, 1.82) is 0 Å². The number of hydrogen-bond donors (Lipinski definition) is 0. The number of benzene rings is 1. The number of amides is 1. The molecule has 0 aliphatic carbocycles. The first-order chi connectivity index (χ1) is 10.1. The summed E-state index contributed by atoms with van der Waals surface area (Å²) in [5, 5.41) is 12.1. The summed E-state index contributed by atoms with van der Waals surface area (Å²) in [6.07, 6.45) is 3.90. The van der Waals surface area contributed by atoms with E-state index in [4.69, 9.17) is 0 Å². The van der Waals surface area contributed by atoms with Gasteiger partial charge in [-0.1, -0.05) is 28.1 Å². The van der Waals surface area contributed by atoms with Crippen molar-refractivity contribution in [3.8, 4) is 0 Å². The number of nitrogens with zero attached hydrogens (tertiary/aromatic N) is 2. The smallest absolute Gasteiger partial charge is 0.282 e. The highest BCUT2D eigenvalue weighted by Gasteiger charge is 2.33. The van der Waals surface area contributed by atoms with E-state index < -0.39 is 4.92 Å². The van der Waals surface area contributed by atoms with Crippen LogP contribution in [0.2, 0.25) is 0 Å². The van der Waals surface area contributed by atoms with Crippen LogP contribution in [0.5, 0.6) is 0 Å². The monoisotopic (exact) mass is 354 g/mol. The molecule has 1 aromatic carbocycles. The molecule has 1 fully saturated rings. The molecule has 2 rings (SSSR count). The molecule has 1 atom stereocenters. The van der Waals surface area contributed by atoms with E-state index in [0.717, 1.165) is 31.0 Å². The van der Waals surface area contributed by atoms with E-state index in [1.54, 1.807) is 19.1 Å². The van der Waals surface area contributed by atoms with Gasteiger partial charge in [0.25, 0.3) is 11.6 Å². The first kappa shape index (κ1) is 15.9. The molecule has 1 unspecified atom stereocenters. The van der Waals surface area contributed by atoms with Gasteiger partial charge < -0.3 is 4.90 Å². The second-order valence-electron chi connectivity index (χ2n) is 5.35. The summed E-state index contributed by atoms with van der Waals surface area (Å²) in [5.74, 6) is -0.197. The molecule has 114 valence electrons. The van der Waals surface area contributed by atoms with E-state index in [0.29, 0.717) is 12.1 Å². The lowest BCUT2D eigenvalue weighted by Gasteiger charge is -2.25. The van der Waals surface area contributed by atoms with Crippen molar-refractivity contribution in [1.82, 2.24) is 4.90 Å². The van der Waals surface area contributed by atoms with E-state index in [-0.39, 0.29) is 23.2 Å². The molecule has 1 aromatic rings. The number of hydrogen-bond acceptors (Lipinski definition) is 3. The molecule has 0 aromatic heterocycles. The molecule has 1 saturated heterocycles. The molecule has 1 aliphatic heterocycles. The summed E-state index contributed by atoms with van der Waals surface area (Å²) in [6, 6.07) is 4.98. The van der Waals surface area contributed by atoms with Crippen LogP contribution in [0, 0.1) is 17.0 Å². The zero-order valence-corrected chi connectivity index (χ0v) is 13.6. The van der Waals surface area contributed by atoms with Crippen LogP contribution in [0.1, 0.15) is 41.6 Å². The van der Waals surface area contributed by atoms with Gasteiger partial charge in [-0.2, -0.15) is 0 Å². The first-order valence-electron chi connectivity index (χ1n) is 7.17. The molecule has 0 bridgehead atoms. The summed E-state index contributed by atoms with van der Waals surface area (Å²) in [7, 11) is 0.